The lowest BCUT2D eigenvalue weighted by molar-refractivity contribution is 1.10. The van der Waals surface area contributed by atoms with Crippen LogP contribution in [0.1, 0.15) is 16.8 Å². The molecule has 0 aliphatic heterocycles. The van der Waals surface area contributed by atoms with Crippen molar-refractivity contribution in [1.82, 2.24) is 4.98 Å². The monoisotopic (exact) mass is 221 g/mol. The number of nitrogens with one attached hydrogen (secondary N) is 1. The molecule has 0 amide bonds. The number of hydrogen-bond acceptors (Lipinski definition) is 0. The predicted octanol–water partition coefficient (Wildman–Crippen LogP) is 4.07. The number of aromatic nitrogens is 1. The minimum absolute atomic E-state index is 0.974. The molecule has 0 saturated heterocycles. The second-order valence-corrected chi connectivity index (χ2v) is 4.49. The van der Waals surface area contributed by atoms with Gasteiger partial charge in [-0.1, -0.05) is 42.5 Å². The highest BCUT2D eigenvalue weighted by Crippen LogP contribution is 2.18. The average molecular weight is 221 g/mol. The van der Waals surface area contributed by atoms with Crippen LogP contribution in [0.3, 0.4) is 0 Å². The zero-order valence-electron chi connectivity index (χ0n) is 9.90. The molecule has 0 atom stereocenters. The van der Waals surface area contributed by atoms with Gasteiger partial charge in [0, 0.05) is 17.6 Å². The minimum atomic E-state index is 0.974. The van der Waals surface area contributed by atoms with Gasteiger partial charge in [-0.2, -0.15) is 0 Å². The van der Waals surface area contributed by atoms with E-state index in [1.807, 2.05) is 0 Å². The molecule has 0 spiro atoms. The van der Waals surface area contributed by atoms with Gasteiger partial charge in [0.25, 0.3) is 0 Å². The molecule has 0 fully saturated rings. The van der Waals surface area contributed by atoms with Gasteiger partial charge < -0.3 is 4.98 Å². The molecule has 0 saturated carbocycles. The Kier molecular flexibility index (Phi) is 2.45. The quantitative estimate of drug-likeness (QED) is 0.671. The molecule has 3 aromatic rings. The van der Waals surface area contributed by atoms with E-state index < -0.39 is 0 Å². The average Bonchev–Trinajstić information content (AvgIpc) is 2.74. The molecule has 1 heterocycles. The zero-order chi connectivity index (χ0) is 11.7. The smallest absolute Gasteiger partial charge is 0.0456 e. The highest BCUT2D eigenvalue weighted by Gasteiger charge is 2.02. The molecule has 0 unspecified atom stereocenters. The summed E-state index contributed by atoms with van der Waals surface area (Å²) in [6.45, 7) is 2.16. The molecule has 1 aromatic heterocycles. The van der Waals surface area contributed by atoms with Crippen molar-refractivity contribution in [3.8, 4) is 0 Å². The summed E-state index contributed by atoms with van der Waals surface area (Å²) in [4.78, 5) is 3.47. The van der Waals surface area contributed by atoms with Crippen molar-refractivity contribution < 1.29 is 0 Å². The highest BCUT2D eigenvalue weighted by atomic mass is 14.7. The molecule has 1 nitrogen and oxygen atoms in total. The van der Waals surface area contributed by atoms with Crippen molar-refractivity contribution in [3.63, 3.8) is 0 Å². The van der Waals surface area contributed by atoms with Crippen molar-refractivity contribution in [2.45, 2.75) is 13.3 Å². The van der Waals surface area contributed by atoms with E-state index in [4.69, 9.17) is 0 Å². The lowest BCUT2D eigenvalue weighted by atomic mass is 10.0. The summed E-state index contributed by atoms with van der Waals surface area (Å²) in [5.41, 5.74) is 5.24. The number of aryl methyl sites for hydroxylation is 1. The fourth-order valence-corrected chi connectivity index (χ4v) is 2.24. The van der Waals surface area contributed by atoms with Gasteiger partial charge >= 0.3 is 0 Å². The van der Waals surface area contributed by atoms with Gasteiger partial charge in [0.15, 0.2) is 0 Å². The van der Waals surface area contributed by atoms with Gasteiger partial charge in [0.1, 0.15) is 0 Å². The maximum Gasteiger partial charge on any atom is 0.0456 e. The molecule has 3 rings (SSSR count). The third-order valence-electron chi connectivity index (χ3n) is 3.23. The summed E-state index contributed by atoms with van der Waals surface area (Å²) in [7, 11) is 0. The van der Waals surface area contributed by atoms with E-state index in [9.17, 15) is 0 Å². The predicted molar refractivity (Wildman–Crippen MR) is 72.3 cm³/mol. The van der Waals surface area contributed by atoms with Crippen LogP contribution in [0, 0.1) is 6.92 Å². The SMILES string of the molecule is Cc1ccccc1Cc1cc2ccccc2[nH]1. The summed E-state index contributed by atoms with van der Waals surface area (Å²) in [6.07, 6.45) is 0.974. The van der Waals surface area contributed by atoms with E-state index in [2.05, 4.69) is 66.5 Å². The van der Waals surface area contributed by atoms with Gasteiger partial charge in [-0.05, 0) is 35.6 Å². The first kappa shape index (κ1) is 10.2. The van der Waals surface area contributed by atoms with Crippen molar-refractivity contribution in [2.75, 3.05) is 0 Å². The van der Waals surface area contributed by atoms with Crippen LogP contribution in [0.5, 0.6) is 0 Å². The molecule has 84 valence electrons. The van der Waals surface area contributed by atoms with E-state index in [1.165, 1.54) is 27.7 Å². The second-order valence-electron chi connectivity index (χ2n) is 4.49. The van der Waals surface area contributed by atoms with Crippen LogP contribution in [-0.4, -0.2) is 4.98 Å². The first-order valence-corrected chi connectivity index (χ1v) is 5.94. The van der Waals surface area contributed by atoms with Crippen LogP contribution in [-0.2, 0) is 6.42 Å². The zero-order valence-corrected chi connectivity index (χ0v) is 9.90. The first-order chi connectivity index (χ1) is 8.33. The largest absolute Gasteiger partial charge is 0.358 e. The van der Waals surface area contributed by atoms with Gasteiger partial charge in [-0.3, -0.25) is 0 Å². The Bertz CT molecular complexity index is 616. The number of rotatable bonds is 2. The Hall–Kier alpha value is -2.02. The maximum atomic E-state index is 3.47. The van der Waals surface area contributed by atoms with Crippen molar-refractivity contribution in [1.29, 1.82) is 0 Å². The van der Waals surface area contributed by atoms with Crippen molar-refractivity contribution in [3.05, 3.63) is 71.4 Å². The van der Waals surface area contributed by atoms with Crippen LogP contribution in [0.15, 0.2) is 54.6 Å². The normalized spacial score (nSPS) is 10.9. The molecular formula is C16H15N. The Morgan fingerprint density at radius 2 is 1.71 bits per heavy atom. The molecule has 1 heteroatoms. The van der Waals surface area contributed by atoms with Gasteiger partial charge in [-0.15, -0.1) is 0 Å². The molecule has 0 aliphatic rings. The van der Waals surface area contributed by atoms with Crippen LogP contribution >= 0.6 is 0 Å². The number of fused-ring (bicyclic) bond motifs is 1. The van der Waals surface area contributed by atoms with E-state index in [0.717, 1.165) is 6.42 Å². The molecule has 17 heavy (non-hydrogen) atoms. The standard InChI is InChI=1S/C16H15N/c1-12-6-2-3-7-13(12)10-15-11-14-8-4-5-9-16(14)17-15/h2-9,11,17H,10H2,1H3. The summed E-state index contributed by atoms with van der Waals surface area (Å²) in [5.74, 6) is 0. The van der Waals surface area contributed by atoms with Gasteiger partial charge in [0.2, 0.25) is 0 Å². The molecule has 0 radical (unpaired) electrons. The Balaban J connectivity index is 1.98. The lowest BCUT2D eigenvalue weighted by Gasteiger charge is -2.03. The van der Waals surface area contributed by atoms with E-state index >= 15 is 0 Å². The third-order valence-corrected chi connectivity index (χ3v) is 3.23. The summed E-state index contributed by atoms with van der Waals surface area (Å²) in [6, 6.07) is 19.2. The van der Waals surface area contributed by atoms with Crippen molar-refractivity contribution in [2.24, 2.45) is 0 Å². The first-order valence-electron chi connectivity index (χ1n) is 5.94. The number of hydrogen-bond donors (Lipinski definition) is 1. The molecule has 0 bridgehead atoms. The van der Waals surface area contributed by atoms with Crippen LogP contribution in [0.4, 0.5) is 0 Å². The van der Waals surface area contributed by atoms with Crippen LogP contribution in [0.2, 0.25) is 0 Å². The summed E-state index contributed by atoms with van der Waals surface area (Å²) >= 11 is 0. The molecule has 0 aliphatic carbocycles. The molecule has 1 N–H and O–H groups in total. The van der Waals surface area contributed by atoms with E-state index in [1.54, 1.807) is 0 Å². The fourth-order valence-electron chi connectivity index (χ4n) is 2.24. The minimum Gasteiger partial charge on any atom is -0.358 e. The van der Waals surface area contributed by atoms with E-state index in [-0.39, 0.29) is 0 Å². The van der Waals surface area contributed by atoms with Crippen LogP contribution < -0.4 is 0 Å². The summed E-state index contributed by atoms with van der Waals surface area (Å²) in [5, 5.41) is 1.29. The maximum absolute atomic E-state index is 3.47. The topological polar surface area (TPSA) is 15.8 Å². The molecule has 2 aromatic carbocycles. The second kappa shape index (κ2) is 4.10. The Morgan fingerprint density at radius 3 is 2.53 bits per heavy atom. The van der Waals surface area contributed by atoms with E-state index in [0.29, 0.717) is 0 Å². The van der Waals surface area contributed by atoms with Gasteiger partial charge in [0.05, 0.1) is 0 Å². The number of para-hydroxylation sites is 1. The molecular weight excluding hydrogens is 206 g/mol. The Morgan fingerprint density at radius 1 is 0.941 bits per heavy atom. The third kappa shape index (κ3) is 1.96. The summed E-state index contributed by atoms with van der Waals surface area (Å²) < 4.78 is 0. The lowest BCUT2D eigenvalue weighted by Crippen LogP contribution is -1.90. The number of aromatic amines is 1. The number of H-pyrrole nitrogens is 1. The number of benzene rings is 2. The van der Waals surface area contributed by atoms with Crippen LogP contribution in [0.25, 0.3) is 10.9 Å². The Labute approximate surface area is 101 Å². The highest BCUT2D eigenvalue weighted by molar-refractivity contribution is 5.80. The fraction of sp³-hybridized carbons (Fsp3) is 0.125. The van der Waals surface area contributed by atoms with Gasteiger partial charge in [-0.25, -0.2) is 0 Å². The van der Waals surface area contributed by atoms with Crippen molar-refractivity contribution >= 4 is 10.9 Å².